The Labute approximate surface area is 152 Å². The number of thiazole rings is 1. The van der Waals surface area contributed by atoms with Crippen LogP contribution in [0.5, 0.6) is 11.5 Å². The summed E-state index contributed by atoms with van der Waals surface area (Å²) in [6.07, 6.45) is 2.14. The van der Waals surface area contributed by atoms with Gasteiger partial charge in [0, 0.05) is 0 Å². The van der Waals surface area contributed by atoms with Gasteiger partial charge in [0.25, 0.3) is 5.91 Å². The summed E-state index contributed by atoms with van der Waals surface area (Å²) >= 11 is 4.55. The number of nitrogen functional groups attached to an aromatic ring is 1. The van der Waals surface area contributed by atoms with Gasteiger partial charge in [0.2, 0.25) is 0 Å². The van der Waals surface area contributed by atoms with Crippen LogP contribution in [0.2, 0.25) is 0 Å². The van der Waals surface area contributed by atoms with E-state index >= 15 is 0 Å². The highest BCUT2D eigenvalue weighted by atomic mass is 79.9. The number of nitrogens with two attached hydrogens (primary N) is 1. The summed E-state index contributed by atoms with van der Waals surface area (Å²) in [5.74, 6) is 0.811. The van der Waals surface area contributed by atoms with Gasteiger partial charge in [-0.2, -0.15) is 5.10 Å². The second kappa shape index (κ2) is 8.11. The molecule has 0 aliphatic carbocycles. The minimum Gasteiger partial charge on any atom is -0.493 e. The predicted octanol–water partition coefficient (Wildman–Crippen LogP) is 2.83. The van der Waals surface area contributed by atoms with Crippen LogP contribution in [0.25, 0.3) is 0 Å². The van der Waals surface area contributed by atoms with E-state index in [0.29, 0.717) is 33.6 Å². The van der Waals surface area contributed by atoms with Gasteiger partial charge >= 0.3 is 0 Å². The van der Waals surface area contributed by atoms with Gasteiger partial charge in [0.1, 0.15) is 4.88 Å². The molecule has 3 N–H and O–H groups in total. The molecule has 1 heterocycles. The Kier molecular flexibility index (Phi) is 6.16. The Morgan fingerprint density at radius 2 is 2.21 bits per heavy atom. The fourth-order valence-corrected chi connectivity index (χ4v) is 3.45. The monoisotopic (exact) mass is 412 g/mol. The number of halogens is 1. The smallest absolute Gasteiger partial charge is 0.283 e. The lowest BCUT2D eigenvalue weighted by Gasteiger charge is -2.10. The van der Waals surface area contributed by atoms with Crippen LogP contribution in [0.3, 0.4) is 0 Å². The molecule has 0 aliphatic heterocycles. The van der Waals surface area contributed by atoms with E-state index in [1.807, 2.05) is 6.92 Å². The van der Waals surface area contributed by atoms with Gasteiger partial charge in [0.15, 0.2) is 16.6 Å². The SMILES string of the molecule is CCc1nc(N)sc1C(=O)N/N=C/c1cc(Br)c(OC)c(OC)c1. The minimum absolute atomic E-state index is 0.336. The second-order valence-corrected chi connectivity index (χ2v) is 6.50. The Hall–Kier alpha value is -2.13. The van der Waals surface area contributed by atoms with Crippen molar-refractivity contribution >= 4 is 44.5 Å². The van der Waals surface area contributed by atoms with Crippen molar-refractivity contribution in [2.45, 2.75) is 13.3 Å². The lowest BCUT2D eigenvalue weighted by molar-refractivity contribution is 0.0958. The number of amides is 1. The molecule has 0 spiro atoms. The molecule has 0 saturated carbocycles. The van der Waals surface area contributed by atoms with Crippen molar-refractivity contribution in [3.8, 4) is 11.5 Å². The third-order valence-electron chi connectivity index (χ3n) is 3.09. The molecule has 2 aromatic rings. The Bertz CT molecular complexity index is 776. The zero-order valence-corrected chi connectivity index (χ0v) is 15.8. The van der Waals surface area contributed by atoms with E-state index in [2.05, 4.69) is 31.4 Å². The van der Waals surface area contributed by atoms with Gasteiger partial charge in [-0.1, -0.05) is 18.3 Å². The number of ether oxygens (including phenoxy) is 2. The summed E-state index contributed by atoms with van der Waals surface area (Å²) in [4.78, 5) is 16.7. The molecule has 7 nitrogen and oxygen atoms in total. The van der Waals surface area contributed by atoms with E-state index < -0.39 is 0 Å². The Morgan fingerprint density at radius 3 is 2.83 bits per heavy atom. The lowest BCUT2D eigenvalue weighted by atomic mass is 10.2. The number of carbonyl (C=O) groups excluding carboxylic acids is 1. The third-order valence-corrected chi connectivity index (χ3v) is 4.61. The molecule has 128 valence electrons. The molecule has 0 atom stereocenters. The highest BCUT2D eigenvalue weighted by Crippen LogP contribution is 2.35. The van der Waals surface area contributed by atoms with Crippen LogP contribution < -0.4 is 20.6 Å². The van der Waals surface area contributed by atoms with Gasteiger partial charge in [-0.15, -0.1) is 0 Å². The summed E-state index contributed by atoms with van der Waals surface area (Å²) < 4.78 is 11.2. The number of hydrazone groups is 1. The maximum Gasteiger partial charge on any atom is 0.283 e. The quantitative estimate of drug-likeness (QED) is 0.561. The Balaban J connectivity index is 2.14. The van der Waals surface area contributed by atoms with Gasteiger partial charge < -0.3 is 15.2 Å². The molecule has 1 aromatic heterocycles. The van der Waals surface area contributed by atoms with Gasteiger partial charge in [-0.25, -0.2) is 10.4 Å². The molecular formula is C15H17BrN4O3S. The van der Waals surface area contributed by atoms with Crippen molar-refractivity contribution in [1.82, 2.24) is 10.4 Å². The molecule has 0 unspecified atom stereocenters. The maximum atomic E-state index is 12.2. The topological polar surface area (TPSA) is 98.8 Å². The van der Waals surface area contributed by atoms with Crippen LogP contribution in [-0.4, -0.2) is 31.3 Å². The number of rotatable bonds is 6. The van der Waals surface area contributed by atoms with Crippen LogP contribution >= 0.6 is 27.3 Å². The predicted molar refractivity (Wildman–Crippen MR) is 98.2 cm³/mol. The highest BCUT2D eigenvalue weighted by molar-refractivity contribution is 9.10. The third kappa shape index (κ3) is 4.04. The first kappa shape index (κ1) is 18.2. The molecule has 9 heteroatoms. The van der Waals surface area contributed by atoms with Crippen molar-refractivity contribution in [3.05, 3.63) is 32.7 Å². The zero-order chi connectivity index (χ0) is 17.7. The fraction of sp³-hybridized carbons (Fsp3) is 0.267. The van der Waals surface area contributed by atoms with Crippen LogP contribution in [0.15, 0.2) is 21.7 Å². The van der Waals surface area contributed by atoms with Crippen molar-refractivity contribution in [3.63, 3.8) is 0 Å². The molecule has 2 rings (SSSR count). The van der Waals surface area contributed by atoms with E-state index in [1.54, 1.807) is 26.4 Å². The number of aromatic nitrogens is 1. The minimum atomic E-state index is -0.336. The lowest BCUT2D eigenvalue weighted by Crippen LogP contribution is -2.17. The second-order valence-electron chi connectivity index (χ2n) is 4.62. The van der Waals surface area contributed by atoms with E-state index in [0.717, 1.165) is 21.4 Å². The fourth-order valence-electron chi connectivity index (χ4n) is 2.02. The van der Waals surface area contributed by atoms with Crippen molar-refractivity contribution in [1.29, 1.82) is 0 Å². The number of hydrogen-bond donors (Lipinski definition) is 2. The van der Waals surface area contributed by atoms with E-state index in [1.165, 1.54) is 6.21 Å². The molecule has 24 heavy (non-hydrogen) atoms. The normalized spacial score (nSPS) is 10.8. The van der Waals surface area contributed by atoms with E-state index in [4.69, 9.17) is 15.2 Å². The first-order valence-corrected chi connectivity index (χ1v) is 8.61. The number of benzene rings is 1. The standard InChI is InChI=1S/C15H17BrN4O3S/c1-4-10-13(24-15(17)19-10)14(21)20-18-7-8-5-9(16)12(23-3)11(6-8)22-2/h5-7H,4H2,1-3H3,(H2,17,19)(H,20,21)/b18-7+. The number of hydrogen-bond acceptors (Lipinski definition) is 7. The largest absolute Gasteiger partial charge is 0.493 e. The average molecular weight is 413 g/mol. The first-order chi connectivity index (χ1) is 11.5. The van der Waals surface area contributed by atoms with Crippen LogP contribution in [0.1, 0.15) is 27.9 Å². The van der Waals surface area contributed by atoms with Gasteiger partial charge in [-0.05, 0) is 40.0 Å². The first-order valence-electron chi connectivity index (χ1n) is 7.00. The number of nitrogens with one attached hydrogen (secondary N) is 1. The summed E-state index contributed by atoms with van der Waals surface area (Å²) in [5, 5.41) is 4.34. The number of carbonyl (C=O) groups is 1. The van der Waals surface area contributed by atoms with Crippen LogP contribution in [0.4, 0.5) is 5.13 Å². The number of nitrogens with zero attached hydrogens (tertiary/aromatic N) is 2. The molecule has 1 amide bonds. The molecule has 0 radical (unpaired) electrons. The summed E-state index contributed by atoms with van der Waals surface area (Å²) in [6, 6.07) is 3.56. The van der Waals surface area contributed by atoms with Crippen molar-refractivity contribution in [2.24, 2.45) is 5.10 Å². The number of aryl methyl sites for hydroxylation is 1. The average Bonchev–Trinajstić information content (AvgIpc) is 2.95. The summed E-state index contributed by atoms with van der Waals surface area (Å²) in [6.45, 7) is 1.91. The number of methoxy groups -OCH3 is 2. The highest BCUT2D eigenvalue weighted by Gasteiger charge is 2.15. The van der Waals surface area contributed by atoms with E-state index in [-0.39, 0.29) is 5.91 Å². The maximum absolute atomic E-state index is 12.2. The molecule has 0 saturated heterocycles. The zero-order valence-electron chi connectivity index (χ0n) is 13.4. The Morgan fingerprint density at radius 1 is 1.46 bits per heavy atom. The summed E-state index contributed by atoms with van der Waals surface area (Å²) in [5.41, 5.74) is 9.53. The molecule has 0 fully saturated rings. The van der Waals surface area contributed by atoms with Crippen LogP contribution in [-0.2, 0) is 6.42 Å². The van der Waals surface area contributed by atoms with E-state index in [9.17, 15) is 4.79 Å². The molecule has 1 aromatic carbocycles. The number of anilines is 1. The van der Waals surface area contributed by atoms with Crippen LogP contribution in [0, 0.1) is 0 Å². The molecule has 0 bridgehead atoms. The van der Waals surface area contributed by atoms with Gasteiger partial charge in [0.05, 0.1) is 30.6 Å². The van der Waals surface area contributed by atoms with Crippen molar-refractivity contribution in [2.75, 3.05) is 20.0 Å². The molecule has 0 aliphatic rings. The summed E-state index contributed by atoms with van der Waals surface area (Å²) in [7, 11) is 3.11. The van der Waals surface area contributed by atoms with Crippen molar-refractivity contribution < 1.29 is 14.3 Å². The molecular weight excluding hydrogens is 396 g/mol. The van der Waals surface area contributed by atoms with Gasteiger partial charge in [-0.3, -0.25) is 4.79 Å².